The summed E-state index contributed by atoms with van der Waals surface area (Å²) in [5.74, 6) is -0.635. The highest BCUT2D eigenvalue weighted by Gasteiger charge is 2.34. The molecule has 1 aromatic heterocycles. The first-order valence-electron chi connectivity index (χ1n) is 6.20. The van der Waals surface area contributed by atoms with Gasteiger partial charge < -0.3 is 10.4 Å². The number of aliphatic carboxylic acids is 1. The first-order chi connectivity index (χ1) is 8.61. The van der Waals surface area contributed by atoms with E-state index in [2.05, 4.69) is 5.32 Å². The summed E-state index contributed by atoms with van der Waals surface area (Å²) in [6.07, 6.45) is 2.87. The molecule has 1 atom stereocenters. The van der Waals surface area contributed by atoms with E-state index in [1.54, 1.807) is 0 Å². The summed E-state index contributed by atoms with van der Waals surface area (Å²) in [4.78, 5) is 23.6. The molecule has 2 rings (SSSR count). The third-order valence-corrected chi connectivity index (χ3v) is 4.19. The Hall–Kier alpha value is -1.36. The largest absolute Gasteiger partial charge is 0.481 e. The second-order valence-corrected chi connectivity index (χ2v) is 5.56. The second-order valence-electron chi connectivity index (χ2n) is 4.64. The molecule has 0 aliphatic heterocycles. The Balaban J connectivity index is 2.02. The molecule has 4 nitrogen and oxygen atoms in total. The number of rotatable bonds is 6. The molecule has 1 aromatic rings. The molecule has 2 N–H and O–H groups in total. The number of thiophene rings is 1. The molecule has 18 heavy (non-hydrogen) atoms. The molecule has 98 valence electrons. The van der Waals surface area contributed by atoms with Gasteiger partial charge in [-0.05, 0) is 42.2 Å². The van der Waals surface area contributed by atoms with Crippen molar-refractivity contribution in [3.05, 3.63) is 21.9 Å². The predicted octanol–water partition coefficient (Wildman–Crippen LogP) is 2.29. The van der Waals surface area contributed by atoms with E-state index in [-0.39, 0.29) is 18.4 Å². The van der Waals surface area contributed by atoms with E-state index >= 15 is 0 Å². The number of carbonyl (C=O) groups is 2. The van der Waals surface area contributed by atoms with Crippen molar-refractivity contribution in [3.63, 3.8) is 0 Å². The fourth-order valence-corrected chi connectivity index (χ4v) is 2.97. The number of hydrogen-bond donors (Lipinski definition) is 2. The van der Waals surface area contributed by atoms with Crippen LogP contribution in [0.3, 0.4) is 0 Å². The lowest BCUT2D eigenvalue weighted by Gasteiger charge is -2.16. The van der Waals surface area contributed by atoms with Crippen molar-refractivity contribution in [1.82, 2.24) is 5.32 Å². The third kappa shape index (κ3) is 3.10. The van der Waals surface area contributed by atoms with Gasteiger partial charge in [0.1, 0.15) is 0 Å². The first kappa shape index (κ1) is 13.1. The van der Waals surface area contributed by atoms with Gasteiger partial charge in [0.05, 0.1) is 11.3 Å². The molecule has 1 aliphatic rings. The molecule has 0 radical (unpaired) electrons. The van der Waals surface area contributed by atoms with Gasteiger partial charge in [-0.25, -0.2) is 0 Å². The molecule has 0 saturated heterocycles. The third-order valence-electron chi connectivity index (χ3n) is 3.24. The van der Waals surface area contributed by atoms with Gasteiger partial charge in [-0.3, -0.25) is 9.59 Å². The Morgan fingerprint density at radius 1 is 1.56 bits per heavy atom. The molecule has 1 aliphatic carbocycles. The highest BCUT2D eigenvalue weighted by atomic mass is 32.1. The van der Waals surface area contributed by atoms with Gasteiger partial charge in [-0.1, -0.05) is 6.92 Å². The first-order valence-corrected chi connectivity index (χ1v) is 7.08. The SMILES string of the molecule is CCc1ccsc1C(=O)NC(CC(=O)O)C1CC1. The van der Waals surface area contributed by atoms with Crippen LogP contribution in [0.5, 0.6) is 0 Å². The lowest BCUT2D eigenvalue weighted by molar-refractivity contribution is -0.137. The normalized spacial score (nSPS) is 16.3. The van der Waals surface area contributed by atoms with Crippen LogP contribution in [-0.2, 0) is 11.2 Å². The van der Waals surface area contributed by atoms with Crippen molar-refractivity contribution in [2.24, 2.45) is 5.92 Å². The van der Waals surface area contributed by atoms with E-state index in [4.69, 9.17) is 5.11 Å². The molecule has 1 unspecified atom stereocenters. The standard InChI is InChI=1S/C13H17NO3S/c1-2-8-5-6-18-12(8)13(17)14-10(7-11(15)16)9-3-4-9/h5-6,9-10H,2-4,7H2,1H3,(H,14,17)(H,15,16). The topological polar surface area (TPSA) is 66.4 Å². The number of hydrogen-bond acceptors (Lipinski definition) is 3. The average Bonchev–Trinajstić information content (AvgIpc) is 3.05. The molecule has 1 heterocycles. The lowest BCUT2D eigenvalue weighted by atomic mass is 10.1. The van der Waals surface area contributed by atoms with Gasteiger partial charge in [0.25, 0.3) is 5.91 Å². The van der Waals surface area contributed by atoms with Crippen molar-refractivity contribution < 1.29 is 14.7 Å². The summed E-state index contributed by atoms with van der Waals surface area (Å²) < 4.78 is 0. The van der Waals surface area contributed by atoms with E-state index in [9.17, 15) is 9.59 Å². The number of amides is 1. The van der Waals surface area contributed by atoms with Crippen molar-refractivity contribution >= 4 is 23.2 Å². The number of carbonyl (C=O) groups excluding carboxylic acids is 1. The smallest absolute Gasteiger partial charge is 0.305 e. The van der Waals surface area contributed by atoms with Crippen molar-refractivity contribution in [1.29, 1.82) is 0 Å². The Bertz CT molecular complexity index is 451. The maximum absolute atomic E-state index is 12.1. The fraction of sp³-hybridized carbons (Fsp3) is 0.538. The maximum Gasteiger partial charge on any atom is 0.305 e. The lowest BCUT2D eigenvalue weighted by Crippen LogP contribution is -2.38. The van der Waals surface area contributed by atoms with Gasteiger partial charge in [-0.2, -0.15) is 0 Å². The van der Waals surface area contributed by atoms with Crippen LogP contribution in [0.15, 0.2) is 11.4 Å². The molecule has 5 heteroatoms. The maximum atomic E-state index is 12.1. The number of carboxylic acids is 1. The molecular weight excluding hydrogens is 250 g/mol. The van der Waals surface area contributed by atoms with Gasteiger partial charge in [0.15, 0.2) is 0 Å². The quantitative estimate of drug-likeness (QED) is 0.831. The van der Waals surface area contributed by atoms with Gasteiger partial charge >= 0.3 is 5.97 Å². The van der Waals surface area contributed by atoms with Crippen LogP contribution in [-0.4, -0.2) is 23.0 Å². The summed E-state index contributed by atoms with van der Waals surface area (Å²) in [5, 5.41) is 13.6. The summed E-state index contributed by atoms with van der Waals surface area (Å²) >= 11 is 1.42. The number of carboxylic acid groups (broad SMARTS) is 1. The zero-order chi connectivity index (χ0) is 13.1. The van der Waals surface area contributed by atoms with E-state index in [1.165, 1.54) is 11.3 Å². The Morgan fingerprint density at radius 2 is 2.28 bits per heavy atom. The predicted molar refractivity (Wildman–Crippen MR) is 69.9 cm³/mol. The highest BCUT2D eigenvalue weighted by Crippen LogP contribution is 2.34. The summed E-state index contributed by atoms with van der Waals surface area (Å²) in [7, 11) is 0. The van der Waals surface area contributed by atoms with Gasteiger partial charge in [0, 0.05) is 6.04 Å². The van der Waals surface area contributed by atoms with E-state index in [0.717, 1.165) is 24.8 Å². The average molecular weight is 267 g/mol. The fourth-order valence-electron chi connectivity index (χ4n) is 2.07. The highest BCUT2D eigenvalue weighted by molar-refractivity contribution is 7.12. The molecule has 0 bridgehead atoms. The zero-order valence-electron chi connectivity index (χ0n) is 10.3. The van der Waals surface area contributed by atoms with Gasteiger partial charge in [0.2, 0.25) is 0 Å². The van der Waals surface area contributed by atoms with Crippen molar-refractivity contribution in [2.75, 3.05) is 0 Å². The van der Waals surface area contributed by atoms with Gasteiger partial charge in [-0.15, -0.1) is 11.3 Å². The van der Waals surface area contributed by atoms with Crippen LogP contribution in [0, 0.1) is 5.92 Å². The minimum Gasteiger partial charge on any atom is -0.481 e. The van der Waals surface area contributed by atoms with E-state index < -0.39 is 5.97 Å². The number of aryl methyl sites for hydroxylation is 1. The van der Waals surface area contributed by atoms with E-state index in [0.29, 0.717) is 10.8 Å². The van der Waals surface area contributed by atoms with Crippen LogP contribution >= 0.6 is 11.3 Å². The number of nitrogens with one attached hydrogen (secondary N) is 1. The van der Waals surface area contributed by atoms with Crippen LogP contribution in [0.25, 0.3) is 0 Å². The zero-order valence-corrected chi connectivity index (χ0v) is 11.1. The Kier molecular flexibility index (Phi) is 4.01. The molecule has 1 fully saturated rings. The molecule has 1 saturated carbocycles. The minimum atomic E-state index is -0.853. The van der Waals surface area contributed by atoms with Crippen LogP contribution in [0.2, 0.25) is 0 Å². The molecule has 1 amide bonds. The van der Waals surface area contributed by atoms with Crippen LogP contribution in [0.4, 0.5) is 0 Å². The van der Waals surface area contributed by atoms with Crippen LogP contribution in [0.1, 0.15) is 41.4 Å². The Labute approximate surface area is 110 Å². The molecular formula is C13H17NO3S. The summed E-state index contributed by atoms with van der Waals surface area (Å²) in [5.41, 5.74) is 1.03. The molecule has 0 aromatic carbocycles. The van der Waals surface area contributed by atoms with Crippen molar-refractivity contribution in [3.8, 4) is 0 Å². The monoisotopic (exact) mass is 267 g/mol. The van der Waals surface area contributed by atoms with E-state index in [1.807, 2.05) is 18.4 Å². The Morgan fingerprint density at radius 3 is 2.83 bits per heavy atom. The minimum absolute atomic E-state index is 0.0171. The second kappa shape index (κ2) is 5.52. The van der Waals surface area contributed by atoms with Crippen molar-refractivity contribution in [2.45, 2.75) is 38.6 Å². The van der Waals surface area contributed by atoms with Crippen LogP contribution < -0.4 is 5.32 Å². The molecule has 0 spiro atoms. The summed E-state index contributed by atoms with van der Waals surface area (Å²) in [6.45, 7) is 2.01. The summed E-state index contributed by atoms with van der Waals surface area (Å²) in [6, 6.07) is 1.73.